The fourth-order valence-corrected chi connectivity index (χ4v) is 5.44. The number of esters is 2. The summed E-state index contributed by atoms with van der Waals surface area (Å²) in [6.45, 7) is 10.2. The minimum atomic E-state index is -1.07. The number of nitrogens with one attached hydrogen (secondary N) is 3. The highest BCUT2D eigenvalue weighted by Crippen LogP contribution is 2.39. The fraction of sp³-hybridized carbons (Fsp3) is 0.485. The van der Waals surface area contributed by atoms with Crippen molar-refractivity contribution >= 4 is 35.3 Å². The van der Waals surface area contributed by atoms with Gasteiger partial charge in [0.2, 0.25) is 17.7 Å². The number of aryl methyl sites for hydroxylation is 1. The SMILES string of the molecule is CC(C)OC(=O)C(NC(=O)C1Cc2cccc3c2N1C(=O)C(NC(=O)C(C)NCC(=O)OC(C)(C)C)CC3)c1ccccc1. The number of rotatable bonds is 10. The smallest absolute Gasteiger partial charge is 0.333 e. The maximum atomic E-state index is 14.0. The highest BCUT2D eigenvalue weighted by Gasteiger charge is 2.45. The van der Waals surface area contributed by atoms with Gasteiger partial charge in [-0.1, -0.05) is 48.5 Å². The molecule has 0 saturated carbocycles. The average molecular weight is 607 g/mol. The maximum Gasteiger partial charge on any atom is 0.333 e. The van der Waals surface area contributed by atoms with Crippen molar-refractivity contribution in [1.82, 2.24) is 16.0 Å². The molecule has 236 valence electrons. The number of hydrogen-bond acceptors (Lipinski definition) is 8. The van der Waals surface area contributed by atoms with Crippen LogP contribution in [-0.4, -0.2) is 66.0 Å². The van der Waals surface area contributed by atoms with Gasteiger partial charge in [0.25, 0.3) is 0 Å². The molecule has 0 saturated heterocycles. The van der Waals surface area contributed by atoms with E-state index in [1.54, 1.807) is 65.8 Å². The number of nitrogens with zero attached hydrogens (tertiary/aromatic N) is 1. The van der Waals surface area contributed by atoms with Crippen molar-refractivity contribution in [2.24, 2.45) is 0 Å². The lowest BCUT2D eigenvalue weighted by atomic mass is 10.0. The number of anilines is 1. The molecule has 11 nitrogen and oxygen atoms in total. The van der Waals surface area contributed by atoms with Crippen LogP contribution < -0.4 is 20.9 Å². The molecule has 0 radical (unpaired) electrons. The molecule has 44 heavy (non-hydrogen) atoms. The summed E-state index contributed by atoms with van der Waals surface area (Å²) in [7, 11) is 0. The molecule has 11 heteroatoms. The van der Waals surface area contributed by atoms with Crippen molar-refractivity contribution in [1.29, 1.82) is 0 Å². The molecule has 4 unspecified atom stereocenters. The average Bonchev–Trinajstić information content (AvgIpc) is 3.29. The summed E-state index contributed by atoms with van der Waals surface area (Å²) < 4.78 is 10.7. The van der Waals surface area contributed by atoms with E-state index in [0.29, 0.717) is 24.1 Å². The van der Waals surface area contributed by atoms with Gasteiger partial charge in [-0.3, -0.25) is 29.4 Å². The summed E-state index contributed by atoms with van der Waals surface area (Å²) in [6, 6.07) is 10.8. The molecule has 4 atom stereocenters. The maximum absolute atomic E-state index is 14.0. The molecular weight excluding hydrogens is 564 g/mol. The lowest BCUT2D eigenvalue weighted by Crippen LogP contribution is -2.57. The van der Waals surface area contributed by atoms with Gasteiger partial charge in [0.15, 0.2) is 6.04 Å². The van der Waals surface area contributed by atoms with Crippen LogP contribution in [0.5, 0.6) is 0 Å². The molecule has 2 aromatic carbocycles. The fourth-order valence-electron chi connectivity index (χ4n) is 5.44. The van der Waals surface area contributed by atoms with Crippen LogP contribution in [0, 0.1) is 0 Å². The van der Waals surface area contributed by atoms with Crippen molar-refractivity contribution < 1.29 is 33.4 Å². The Morgan fingerprint density at radius 2 is 1.66 bits per heavy atom. The highest BCUT2D eigenvalue weighted by atomic mass is 16.6. The Bertz CT molecular complexity index is 1400. The Morgan fingerprint density at radius 3 is 2.32 bits per heavy atom. The number of para-hydroxylation sites is 1. The number of benzene rings is 2. The molecule has 2 aliphatic rings. The zero-order valence-electron chi connectivity index (χ0n) is 26.1. The van der Waals surface area contributed by atoms with Crippen molar-refractivity contribution in [2.75, 3.05) is 11.4 Å². The van der Waals surface area contributed by atoms with E-state index >= 15 is 0 Å². The number of carbonyl (C=O) groups is 5. The number of amides is 3. The monoisotopic (exact) mass is 606 g/mol. The van der Waals surface area contributed by atoms with Gasteiger partial charge >= 0.3 is 11.9 Å². The Hall–Kier alpha value is -4.25. The van der Waals surface area contributed by atoms with Gasteiger partial charge in [-0.25, -0.2) is 4.79 Å². The summed E-state index contributed by atoms with van der Waals surface area (Å²) >= 11 is 0. The molecule has 0 fully saturated rings. The molecular formula is C33H42N4O7. The van der Waals surface area contributed by atoms with Gasteiger partial charge < -0.3 is 20.1 Å². The van der Waals surface area contributed by atoms with E-state index in [4.69, 9.17) is 9.47 Å². The van der Waals surface area contributed by atoms with E-state index in [2.05, 4.69) is 16.0 Å². The van der Waals surface area contributed by atoms with Crippen LogP contribution in [0.4, 0.5) is 5.69 Å². The van der Waals surface area contributed by atoms with Crippen molar-refractivity contribution in [2.45, 2.75) is 96.7 Å². The molecule has 0 aromatic heterocycles. The van der Waals surface area contributed by atoms with Crippen LogP contribution in [0.3, 0.4) is 0 Å². The van der Waals surface area contributed by atoms with E-state index in [1.165, 1.54) is 4.90 Å². The third-order valence-corrected chi connectivity index (χ3v) is 7.40. The first-order chi connectivity index (χ1) is 20.7. The standard InChI is InChI=1S/C33H42N4O7/c1-19(2)43-32(42)27(21-11-8-7-9-12-21)36-30(40)25-17-23-14-10-13-22-15-16-24(31(41)37(25)28(22)23)35-29(39)20(3)34-18-26(38)44-33(4,5)6/h7-14,19-20,24-25,27,34H,15-18H2,1-6H3,(H,35,39)(H,36,40). The Labute approximate surface area is 258 Å². The molecule has 0 aliphatic carbocycles. The van der Waals surface area contributed by atoms with E-state index in [1.807, 2.05) is 24.3 Å². The second-order valence-corrected chi connectivity index (χ2v) is 12.5. The Balaban J connectivity index is 1.52. The first kappa shape index (κ1) is 32.7. The Morgan fingerprint density at radius 1 is 0.977 bits per heavy atom. The van der Waals surface area contributed by atoms with E-state index in [0.717, 1.165) is 11.1 Å². The number of ether oxygens (including phenoxy) is 2. The normalized spacial score (nSPS) is 19.0. The second kappa shape index (κ2) is 13.6. The first-order valence-electron chi connectivity index (χ1n) is 15.0. The molecule has 2 aromatic rings. The summed E-state index contributed by atoms with van der Waals surface area (Å²) in [5, 5.41) is 8.50. The predicted octanol–water partition coefficient (Wildman–Crippen LogP) is 2.50. The van der Waals surface area contributed by atoms with Gasteiger partial charge in [0.05, 0.1) is 24.4 Å². The summed E-state index contributed by atoms with van der Waals surface area (Å²) in [6.07, 6.45) is 0.715. The van der Waals surface area contributed by atoms with E-state index in [-0.39, 0.29) is 19.1 Å². The van der Waals surface area contributed by atoms with Crippen LogP contribution in [0.2, 0.25) is 0 Å². The molecule has 0 bridgehead atoms. The van der Waals surface area contributed by atoms with Gasteiger partial charge in [-0.15, -0.1) is 0 Å². The van der Waals surface area contributed by atoms with Crippen LogP contribution in [0.25, 0.3) is 0 Å². The molecule has 3 N–H and O–H groups in total. The minimum absolute atomic E-state index is 0.171. The van der Waals surface area contributed by atoms with Crippen LogP contribution >= 0.6 is 0 Å². The number of carbonyl (C=O) groups excluding carboxylic acids is 5. The molecule has 4 rings (SSSR count). The van der Waals surface area contributed by atoms with Crippen molar-refractivity contribution in [3.8, 4) is 0 Å². The summed E-state index contributed by atoms with van der Waals surface area (Å²) in [5.41, 5.74) is 2.32. The van der Waals surface area contributed by atoms with Crippen molar-refractivity contribution in [3.05, 3.63) is 65.2 Å². The van der Waals surface area contributed by atoms with Gasteiger partial charge in [0.1, 0.15) is 17.7 Å². The number of hydrogen-bond donors (Lipinski definition) is 3. The quantitative estimate of drug-likeness (QED) is 0.350. The first-order valence-corrected chi connectivity index (χ1v) is 15.0. The summed E-state index contributed by atoms with van der Waals surface area (Å²) in [5.74, 6) is -2.48. The zero-order chi connectivity index (χ0) is 32.2. The predicted molar refractivity (Wildman–Crippen MR) is 164 cm³/mol. The highest BCUT2D eigenvalue weighted by molar-refractivity contribution is 6.08. The topological polar surface area (TPSA) is 143 Å². The van der Waals surface area contributed by atoms with Gasteiger partial charge in [0, 0.05) is 6.42 Å². The lowest BCUT2D eigenvalue weighted by molar-refractivity contribution is -0.154. The van der Waals surface area contributed by atoms with Crippen molar-refractivity contribution in [3.63, 3.8) is 0 Å². The molecule has 2 aliphatic heterocycles. The molecule has 0 spiro atoms. The molecule has 3 amide bonds. The lowest BCUT2D eigenvalue weighted by Gasteiger charge is -2.29. The van der Waals surface area contributed by atoms with Crippen LogP contribution in [0.15, 0.2) is 48.5 Å². The van der Waals surface area contributed by atoms with Gasteiger partial charge in [-0.2, -0.15) is 0 Å². The minimum Gasteiger partial charge on any atom is -0.461 e. The Kier molecular flexibility index (Phi) is 10.1. The largest absolute Gasteiger partial charge is 0.461 e. The third-order valence-electron chi connectivity index (χ3n) is 7.40. The summed E-state index contributed by atoms with van der Waals surface area (Å²) in [4.78, 5) is 67.7. The second-order valence-electron chi connectivity index (χ2n) is 12.5. The molecule has 2 heterocycles. The zero-order valence-corrected chi connectivity index (χ0v) is 26.1. The van der Waals surface area contributed by atoms with Crippen LogP contribution in [0.1, 0.15) is 70.7 Å². The van der Waals surface area contributed by atoms with E-state index in [9.17, 15) is 24.0 Å². The van der Waals surface area contributed by atoms with Gasteiger partial charge in [-0.05, 0) is 71.1 Å². The third kappa shape index (κ3) is 7.82. The van der Waals surface area contributed by atoms with E-state index < -0.39 is 59.4 Å². The van der Waals surface area contributed by atoms with Crippen LogP contribution in [-0.2, 0) is 46.3 Å².